The highest BCUT2D eigenvalue weighted by Crippen LogP contribution is 2.42. The molecule has 86 valence electrons. The van der Waals surface area contributed by atoms with Gasteiger partial charge < -0.3 is 5.32 Å². The van der Waals surface area contributed by atoms with Gasteiger partial charge in [0, 0.05) is 6.54 Å². The Hall–Kier alpha value is -0.550. The molecule has 1 rings (SSSR count). The molecular formula is C13H24N2. The highest BCUT2D eigenvalue weighted by molar-refractivity contribution is 4.92. The van der Waals surface area contributed by atoms with E-state index in [1.54, 1.807) is 0 Å². The molecule has 0 amide bonds. The standard InChI is InChI=1S/C13H24N2/c1-11(2)8-13(6-4-5-7-13)10-15-12(3)9-14/h11-12,15H,4-8,10H2,1-3H3. The molecule has 0 heterocycles. The lowest BCUT2D eigenvalue weighted by molar-refractivity contribution is 0.221. The van der Waals surface area contributed by atoms with Crippen molar-refractivity contribution in [2.75, 3.05) is 6.54 Å². The molecule has 0 aliphatic heterocycles. The van der Waals surface area contributed by atoms with Gasteiger partial charge in [0.05, 0.1) is 12.1 Å². The summed E-state index contributed by atoms with van der Waals surface area (Å²) >= 11 is 0. The van der Waals surface area contributed by atoms with Gasteiger partial charge in [0.25, 0.3) is 0 Å². The lowest BCUT2D eigenvalue weighted by Crippen LogP contribution is -2.37. The summed E-state index contributed by atoms with van der Waals surface area (Å²) in [7, 11) is 0. The molecule has 0 aromatic rings. The second-order valence-corrected chi connectivity index (χ2v) is 5.54. The molecule has 1 N–H and O–H groups in total. The minimum Gasteiger partial charge on any atom is -0.302 e. The van der Waals surface area contributed by atoms with E-state index in [4.69, 9.17) is 5.26 Å². The Morgan fingerprint density at radius 1 is 1.27 bits per heavy atom. The zero-order valence-corrected chi connectivity index (χ0v) is 10.3. The fourth-order valence-corrected chi connectivity index (χ4v) is 2.86. The monoisotopic (exact) mass is 208 g/mol. The van der Waals surface area contributed by atoms with Crippen LogP contribution < -0.4 is 5.32 Å². The fourth-order valence-electron chi connectivity index (χ4n) is 2.86. The SMILES string of the molecule is CC(C)CC1(CNC(C)C#N)CCCC1. The van der Waals surface area contributed by atoms with Gasteiger partial charge in [-0.15, -0.1) is 0 Å². The van der Waals surface area contributed by atoms with Crippen LogP contribution in [0.4, 0.5) is 0 Å². The Morgan fingerprint density at radius 3 is 2.33 bits per heavy atom. The summed E-state index contributed by atoms with van der Waals surface area (Å²) in [5.74, 6) is 0.766. The Labute approximate surface area is 94.1 Å². The topological polar surface area (TPSA) is 35.8 Å². The summed E-state index contributed by atoms with van der Waals surface area (Å²) in [5.41, 5.74) is 0.485. The Kier molecular flexibility index (Phi) is 4.60. The van der Waals surface area contributed by atoms with Gasteiger partial charge in [-0.25, -0.2) is 0 Å². The molecule has 0 bridgehead atoms. The van der Waals surface area contributed by atoms with Crippen LogP contribution in [-0.2, 0) is 0 Å². The molecule has 0 aromatic carbocycles. The molecule has 1 saturated carbocycles. The van der Waals surface area contributed by atoms with Crippen LogP contribution in [0.25, 0.3) is 0 Å². The van der Waals surface area contributed by atoms with Crippen LogP contribution in [0, 0.1) is 22.7 Å². The summed E-state index contributed by atoms with van der Waals surface area (Å²) < 4.78 is 0. The van der Waals surface area contributed by atoms with Gasteiger partial charge in [0.15, 0.2) is 0 Å². The average Bonchev–Trinajstić information content (AvgIpc) is 2.62. The maximum Gasteiger partial charge on any atom is 0.0924 e. The van der Waals surface area contributed by atoms with Gasteiger partial charge >= 0.3 is 0 Å². The van der Waals surface area contributed by atoms with Crippen molar-refractivity contribution in [1.82, 2.24) is 5.32 Å². The lowest BCUT2D eigenvalue weighted by Gasteiger charge is -2.31. The quantitative estimate of drug-likeness (QED) is 0.753. The summed E-state index contributed by atoms with van der Waals surface area (Å²) in [5, 5.41) is 12.1. The molecule has 15 heavy (non-hydrogen) atoms. The van der Waals surface area contributed by atoms with Crippen LogP contribution in [0.5, 0.6) is 0 Å². The van der Waals surface area contributed by atoms with Gasteiger partial charge in [-0.2, -0.15) is 5.26 Å². The van der Waals surface area contributed by atoms with Crippen LogP contribution in [0.2, 0.25) is 0 Å². The van der Waals surface area contributed by atoms with Crippen molar-refractivity contribution in [3.8, 4) is 6.07 Å². The maximum absolute atomic E-state index is 8.76. The highest BCUT2D eigenvalue weighted by atomic mass is 14.9. The van der Waals surface area contributed by atoms with Gasteiger partial charge in [0.1, 0.15) is 0 Å². The zero-order chi connectivity index (χ0) is 11.3. The van der Waals surface area contributed by atoms with Crippen molar-refractivity contribution in [2.24, 2.45) is 11.3 Å². The van der Waals surface area contributed by atoms with Crippen molar-refractivity contribution in [1.29, 1.82) is 5.26 Å². The maximum atomic E-state index is 8.76. The van der Waals surface area contributed by atoms with E-state index >= 15 is 0 Å². The van der Waals surface area contributed by atoms with E-state index in [0.717, 1.165) is 12.5 Å². The molecule has 1 unspecified atom stereocenters. The van der Waals surface area contributed by atoms with Crippen molar-refractivity contribution in [2.45, 2.75) is 58.9 Å². The number of nitrogens with one attached hydrogen (secondary N) is 1. The molecular weight excluding hydrogens is 184 g/mol. The van der Waals surface area contributed by atoms with E-state index in [1.165, 1.54) is 32.1 Å². The van der Waals surface area contributed by atoms with Crippen LogP contribution >= 0.6 is 0 Å². The van der Waals surface area contributed by atoms with E-state index in [2.05, 4.69) is 25.2 Å². The molecule has 2 nitrogen and oxygen atoms in total. The predicted molar refractivity (Wildman–Crippen MR) is 63.4 cm³/mol. The van der Waals surface area contributed by atoms with Crippen molar-refractivity contribution in [3.63, 3.8) is 0 Å². The third kappa shape index (κ3) is 3.83. The summed E-state index contributed by atoms with van der Waals surface area (Å²) in [6.45, 7) is 7.57. The Balaban J connectivity index is 2.47. The lowest BCUT2D eigenvalue weighted by atomic mass is 9.78. The Bertz CT molecular complexity index is 221. The van der Waals surface area contributed by atoms with E-state index in [9.17, 15) is 0 Å². The first-order valence-corrected chi connectivity index (χ1v) is 6.21. The van der Waals surface area contributed by atoms with E-state index in [-0.39, 0.29) is 6.04 Å². The van der Waals surface area contributed by atoms with Gasteiger partial charge in [0.2, 0.25) is 0 Å². The minimum atomic E-state index is -0.00497. The molecule has 1 atom stereocenters. The fraction of sp³-hybridized carbons (Fsp3) is 0.923. The van der Waals surface area contributed by atoms with E-state index in [1.807, 2.05) is 6.92 Å². The van der Waals surface area contributed by atoms with Crippen LogP contribution in [0.3, 0.4) is 0 Å². The number of nitriles is 1. The second-order valence-electron chi connectivity index (χ2n) is 5.54. The molecule has 1 aliphatic carbocycles. The third-order valence-electron chi connectivity index (χ3n) is 3.48. The third-order valence-corrected chi connectivity index (χ3v) is 3.48. The number of nitrogens with zero attached hydrogens (tertiary/aromatic N) is 1. The van der Waals surface area contributed by atoms with Gasteiger partial charge in [-0.3, -0.25) is 0 Å². The second kappa shape index (κ2) is 5.51. The van der Waals surface area contributed by atoms with E-state index in [0.29, 0.717) is 5.41 Å². The summed E-state index contributed by atoms with van der Waals surface area (Å²) in [6.07, 6.45) is 6.73. The summed E-state index contributed by atoms with van der Waals surface area (Å²) in [6, 6.07) is 2.24. The van der Waals surface area contributed by atoms with Gasteiger partial charge in [-0.1, -0.05) is 26.7 Å². The first kappa shape index (κ1) is 12.5. The molecule has 1 fully saturated rings. The van der Waals surface area contributed by atoms with Crippen LogP contribution in [0.1, 0.15) is 52.9 Å². The first-order chi connectivity index (χ1) is 7.08. The molecule has 2 heteroatoms. The predicted octanol–water partition coefficient (Wildman–Crippen LogP) is 3.09. The van der Waals surface area contributed by atoms with Gasteiger partial charge in [-0.05, 0) is 37.5 Å². The smallest absolute Gasteiger partial charge is 0.0924 e. The number of rotatable bonds is 5. The van der Waals surface area contributed by atoms with Crippen molar-refractivity contribution in [3.05, 3.63) is 0 Å². The minimum absolute atomic E-state index is 0.00497. The number of hydrogen-bond acceptors (Lipinski definition) is 2. The average molecular weight is 208 g/mol. The summed E-state index contributed by atoms with van der Waals surface area (Å²) in [4.78, 5) is 0. The molecule has 0 saturated heterocycles. The molecule has 0 aromatic heterocycles. The zero-order valence-electron chi connectivity index (χ0n) is 10.3. The van der Waals surface area contributed by atoms with Crippen molar-refractivity contribution >= 4 is 0 Å². The normalized spacial score (nSPS) is 21.5. The first-order valence-electron chi connectivity index (χ1n) is 6.21. The van der Waals surface area contributed by atoms with E-state index < -0.39 is 0 Å². The van der Waals surface area contributed by atoms with Crippen LogP contribution in [0.15, 0.2) is 0 Å². The largest absolute Gasteiger partial charge is 0.302 e. The Morgan fingerprint density at radius 2 is 1.87 bits per heavy atom. The molecule has 1 aliphatic rings. The highest BCUT2D eigenvalue weighted by Gasteiger charge is 2.34. The molecule has 0 radical (unpaired) electrons. The molecule has 0 spiro atoms. The number of hydrogen-bond donors (Lipinski definition) is 1. The van der Waals surface area contributed by atoms with Crippen LogP contribution in [-0.4, -0.2) is 12.6 Å². The van der Waals surface area contributed by atoms with Crippen molar-refractivity contribution < 1.29 is 0 Å².